The molecule has 0 radical (unpaired) electrons. The van der Waals surface area contributed by atoms with Crippen LogP contribution < -0.4 is 14.8 Å². The minimum absolute atomic E-state index is 0.0819. The van der Waals surface area contributed by atoms with Gasteiger partial charge in [0.2, 0.25) is 40.7 Å². The summed E-state index contributed by atoms with van der Waals surface area (Å²) in [4.78, 5) is 35.8. The second-order valence-electron chi connectivity index (χ2n) is 7.78. The highest BCUT2D eigenvalue weighted by molar-refractivity contribution is 6.09. The van der Waals surface area contributed by atoms with Gasteiger partial charge in [0.25, 0.3) is 0 Å². The van der Waals surface area contributed by atoms with Crippen molar-refractivity contribution in [3.8, 4) is 29.9 Å². The minimum Gasteiger partial charge on any atom is -0.494 e. The standard InChI is InChI=1S/C26H21F5N2O5/c1-2-3-7-18(34)17(14-32)26(36)33-15-9-11-16(12-10-15)37-13-6-4-5-8-19(35)38-25-23(30)21(28)20(27)22(29)24(25)31/h1,9-12,17H,3-8,13H2,(H,33,36). The van der Waals surface area contributed by atoms with Crippen molar-refractivity contribution >= 4 is 23.3 Å². The summed E-state index contributed by atoms with van der Waals surface area (Å²) in [5.41, 5.74) is 0.333. The van der Waals surface area contributed by atoms with Gasteiger partial charge in [0.05, 0.1) is 12.7 Å². The Hall–Kier alpha value is -4.45. The number of Topliss-reactive ketones (excluding diaryl/α,β-unsaturated/α-hetero) is 1. The summed E-state index contributed by atoms with van der Waals surface area (Å²) in [6.45, 7) is 0.221. The van der Waals surface area contributed by atoms with E-state index in [0.717, 1.165) is 0 Å². The molecular formula is C26H21F5N2O5. The van der Waals surface area contributed by atoms with Crippen molar-refractivity contribution in [1.82, 2.24) is 0 Å². The number of esters is 1. The van der Waals surface area contributed by atoms with Gasteiger partial charge in [-0.2, -0.15) is 14.0 Å². The molecule has 0 aliphatic carbocycles. The van der Waals surface area contributed by atoms with Crippen LogP contribution in [0.4, 0.5) is 27.6 Å². The van der Waals surface area contributed by atoms with Crippen LogP contribution >= 0.6 is 0 Å². The van der Waals surface area contributed by atoms with Gasteiger partial charge >= 0.3 is 5.97 Å². The van der Waals surface area contributed by atoms with E-state index in [-0.39, 0.29) is 32.3 Å². The number of carbonyl (C=O) groups is 3. The van der Waals surface area contributed by atoms with Gasteiger partial charge in [0.1, 0.15) is 5.75 Å². The van der Waals surface area contributed by atoms with Crippen LogP contribution in [0.25, 0.3) is 0 Å². The van der Waals surface area contributed by atoms with Crippen LogP contribution in [-0.2, 0) is 14.4 Å². The lowest BCUT2D eigenvalue weighted by Gasteiger charge is -2.10. The fraction of sp³-hybridized carbons (Fsp3) is 0.308. The quantitative estimate of drug-likeness (QED) is 0.0566. The highest BCUT2D eigenvalue weighted by Crippen LogP contribution is 2.29. The van der Waals surface area contributed by atoms with Crippen molar-refractivity contribution in [2.75, 3.05) is 11.9 Å². The van der Waals surface area contributed by atoms with Crippen LogP contribution in [0.2, 0.25) is 0 Å². The molecule has 0 bridgehead atoms. The van der Waals surface area contributed by atoms with Crippen molar-refractivity contribution in [1.29, 1.82) is 5.26 Å². The van der Waals surface area contributed by atoms with Crippen LogP contribution in [0.3, 0.4) is 0 Å². The molecule has 200 valence electrons. The first kappa shape index (κ1) is 29.8. The Morgan fingerprint density at radius 1 is 0.895 bits per heavy atom. The number of benzene rings is 2. The van der Waals surface area contributed by atoms with E-state index in [9.17, 15) is 36.3 Å². The molecule has 0 saturated heterocycles. The van der Waals surface area contributed by atoms with Gasteiger partial charge in [0, 0.05) is 24.9 Å². The smallest absolute Gasteiger partial charge is 0.311 e. The Labute approximate surface area is 214 Å². The molecule has 12 heteroatoms. The fourth-order valence-corrected chi connectivity index (χ4v) is 3.04. The lowest BCUT2D eigenvalue weighted by molar-refractivity contribution is -0.135. The third-order valence-electron chi connectivity index (χ3n) is 5.03. The summed E-state index contributed by atoms with van der Waals surface area (Å²) in [5.74, 6) is -14.2. The average Bonchev–Trinajstić information content (AvgIpc) is 2.90. The molecule has 0 fully saturated rings. The van der Waals surface area contributed by atoms with Crippen LogP contribution in [0.5, 0.6) is 11.5 Å². The number of carbonyl (C=O) groups excluding carboxylic acids is 3. The topological polar surface area (TPSA) is 105 Å². The van der Waals surface area contributed by atoms with Crippen LogP contribution in [0.15, 0.2) is 24.3 Å². The molecule has 2 rings (SSSR count). The van der Waals surface area contributed by atoms with Crippen molar-refractivity contribution in [3.63, 3.8) is 0 Å². The molecule has 1 N–H and O–H groups in total. The maximum Gasteiger partial charge on any atom is 0.311 e. The molecule has 0 saturated carbocycles. The number of ketones is 1. The number of rotatable bonds is 13. The number of unbranched alkanes of at least 4 members (excludes halogenated alkanes) is 2. The number of nitriles is 1. The van der Waals surface area contributed by atoms with Crippen molar-refractivity contribution in [3.05, 3.63) is 53.4 Å². The second-order valence-corrected chi connectivity index (χ2v) is 7.78. The molecule has 1 amide bonds. The van der Waals surface area contributed by atoms with Crippen LogP contribution in [-0.4, -0.2) is 24.3 Å². The number of halogens is 5. The number of terminal acetylenes is 1. The predicted octanol–water partition coefficient (Wildman–Crippen LogP) is 4.99. The zero-order valence-corrected chi connectivity index (χ0v) is 19.8. The predicted molar refractivity (Wildman–Crippen MR) is 123 cm³/mol. The number of hydrogen-bond acceptors (Lipinski definition) is 6. The van der Waals surface area contributed by atoms with Gasteiger partial charge < -0.3 is 14.8 Å². The van der Waals surface area contributed by atoms with Gasteiger partial charge in [0.15, 0.2) is 11.7 Å². The first-order valence-electron chi connectivity index (χ1n) is 11.2. The number of ether oxygens (including phenoxy) is 2. The number of anilines is 1. The Kier molecular flexibility index (Phi) is 11.2. The lowest BCUT2D eigenvalue weighted by Crippen LogP contribution is -2.28. The summed E-state index contributed by atoms with van der Waals surface area (Å²) in [6.07, 6.45) is 5.87. The number of nitrogens with one attached hydrogen (secondary N) is 1. The Morgan fingerprint density at radius 2 is 1.50 bits per heavy atom. The maximum absolute atomic E-state index is 13.6. The summed E-state index contributed by atoms with van der Waals surface area (Å²) in [7, 11) is 0. The van der Waals surface area contributed by atoms with Crippen molar-refractivity contribution < 1.29 is 45.8 Å². The molecule has 2 aromatic rings. The maximum atomic E-state index is 13.6. The zero-order chi connectivity index (χ0) is 28.2. The van der Waals surface area contributed by atoms with E-state index >= 15 is 0 Å². The number of nitrogens with zero attached hydrogens (tertiary/aromatic N) is 1. The summed E-state index contributed by atoms with van der Waals surface area (Å²) >= 11 is 0. The van der Waals surface area contributed by atoms with Gasteiger partial charge in [-0.25, -0.2) is 13.2 Å². The number of hydrogen-bond donors (Lipinski definition) is 1. The van der Waals surface area contributed by atoms with E-state index in [1.165, 1.54) is 12.1 Å². The van der Waals surface area contributed by atoms with Gasteiger partial charge in [-0.15, -0.1) is 12.3 Å². The molecular weight excluding hydrogens is 515 g/mol. The molecule has 0 heterocycles. The van der Waals surface area contributed by atoms with E-state index in [1.54, 1.807) is 18.2 Å². The molecule has 0 aliphatic rings. The Bertz CT molecular complexity index is 1240. The third-order valence-corrected chi connectivity index (χ3v) is 5.03. The molecule has 0 aliphatic heterocycles. The molecule has 1 atom stereocenters. The molecule has 38 heavy (non-hydrogen) atoms. The Morgan fingerprint density at radius 3 is 2.08 bits per heavy atom. The van der Waals surface area contributed by atoms with E-state index in [4.69, 9.17) is 16.4 Å². The highest BCUT2D eigenvalue weighted by atomic mass is 19.2. The summed E-state index contributed by atoms with van der Waals surface area (Å²) in [6, 6.07) is 7.74. The van der Waals surface area contributed by atoms with E-state index < -0.39 is 58.4 Å². The fourth-order valence-electron chi connectivity index (χ4n) is 3.04. The third kappa shape index (κ3) is 8.03. The summed E-state index contributed by atoms with van der Waals surface area (Å²) < 4.78 is 76.3. The summed E-state index contributed by atoms with van der Waals surface area (Å²) in [5, 5.41) is 11.6. The second kappa shape index (κ2) is 14.3. The van der Waals surface area contributed by atoms with Crippen molar-refractivity contribution in [2.24, 2.45) is 5.92 Å². The monoisotopic (exact) mass is 536 g/mol. The van der Waals surface area contributed by atoms with E-state index in [2.05, 4.69) is 16.0 Å². The number of amides is 1. The Balaban J connectivity index is 1.73. The molecule has 7 nitrogen and oxygen atoms in total. The molecule has 0 aromatic heterocycles. The van der Waals surface area contributed by atoms with E-state index in [0.29, 0.717) is 24.3 Å². The van der Waals surface area contributed by atoms with Gasteiger partial charge in [-0.05, 0) is 43.5 Å². The molecule has 0 spiro atoms. The zero-order valence-electron chi connectivity index (χ0n) is 19.8. The first-order chi connectivity index (χ1) is 18.1. The average molecular weight is 536 g/mol. The minimum atomic E-state index is -2.35. The highest BCUT2D eigenvalue weighted by Gasteiger charge is 2.28. The van der Waals surface area contributed by atoms with Crippen LogP contribution in [0, 0.1) is 58.7 Å². The largest absolute Gasteiger partial charge is 0.494 e. The van der Waals surface area contributed by atoms with Crippen molar-refractivity contribution in [2.45, 2.75) is 38.5 Å². The normalized spacial score (nSPS) is 11.1. The first-order valence-corrected chi connectivity index (χ1v) is 11.2. The molecule has 1 unspecified atom stereocenters. The SMILES string of the molecule is C#CCCC(=O)C(C#N)C(=O)Nc1ccc(OCCCCCC(=O)Oc2c(F)c(F)c(F)c(F)c2F)cc1. The van der Waals surface area contributed by atoms with Gasteiger partial charge in [-0.1, -0.05) is 0 Å². The van der Waals surface area contributed by atoms with Crippen LogP contribution in [0.1, 0.15) is 38.5 Å². The lowest BCUT2D eigenvalue weighted by atomic mass is 10.0. The molecule has 2 aromatic carbocycles. The van der Waals surface area contributed by atoms with E-state index in [1.807, 2.05) is 0 Å². The van der Waals surface area contributed by atoms with Gasteiger partial charge in [-0.3, -0.25) is 14.4 Å².